The molecule has 0 radical (unpaired) electrons. The quantitative estimate of drug-likeness (QED) is 0.0168. The lowest BCUT2D eigenvalue weighted by Gasteiger charge is -2.34. The van der Waals surface area contributed by atoms with Gasteiger partial charge in [0.1, 0.15) is 46.3 Å². The van der Waals surface area contributed by atoms with Gasteiger partial charge in [-0.25, -0.2) is 72.2 Å². The van der Waals surface area contributed by atoms with E-state index >= 15 is 0 Å². The number of carbonyl (C=O) groups excluding carboxylic acids is 1. The van der Waals surface area contributed by atoms with E-state index in [1.165, 1.54) is 30.0 Å². The Bertz CT molecular complexity index is 6890. The number of methoxy groups -OCH3 is 1. The fourth-order valence-electron chi connectivity index (χ4n) is 12.8. The number of ether oxygens (including phenoxy) is 1. The number of halogens is 2. The van der Waals surface area contributed by atoms with Crippen LogP contribution in [0.15, 0.2) is 226 Å². The van der Waals surface area contributed by atoms with E-state index < -0.39 is 23.0 Å². The SMILES string of the molecule is CCS(=O)(=O)N1CCN(c2cnc(N)c(-c3nnc(-c4ccccc4)o3)n2)CC1.COB(C)Nc1ncc(Br)nc1-c1nnc(-c2ccccc2)o1.COB(C)Nc1ncc([N+]2=CCN(B(C)O)CC2)nc1-c1nnc(-c2ccccc2)o1.COC(=O)c1nccnc1N.Nc1ncc(Br)nc1-c1nnc(-c2ccccc2)o1.Nc1ncc([N+]2=CCNCC2)nc1-c1nnc(-c2ccccc2)o1. The molecule has 0 saturated carbocycles. The number of benzene rings is 5. The third-order valence-electron chi connectivity index (χ3n) is 20.2. The highest BCUT2D eigenvalue weighted by Crippen LogP contribution is 2.35. The van der Waals surface area contributed by atoms with Crippen LogP contribution >= 0.6 is 31.9 Å². The normalized spacial score (nSPS) is 13.0. The first kappa shape index (κ1) is 97.6. The van der Waals surface area contributed by atoms with Gasteiger partial charge >= 0.3 is 38.8 Å². The van der Waals surface area contributed by atoms with Crippen molar-refractivity contribution in [2.45, 2.75) is 27.4 Å². The highest BCUT2D eigenvalue weighted by Gasteiger charge is 2.33. The van der Waals surface area contributed by atoms with Crippen molar-refractivity contribution in [3.05, 3.63) is 210 Å². The molecule has 0 atom stereocenters. The van der Waals surface area contributed by atoms with E-state index in [4.69, 9.17) is 59.3 Å². The van der Waals surface area contributed by atoms with Gasteiger partial charge < -0.3 is 89.6 Å². The molecule has 3 aliphatic rings. The Kier molecular flexibility index (Phi) is 33.4. The van der Waals surface area contributed by atoms with Crippen LogP contribution in [0.4, 0.5) is 52.4 Å². The Balaban J connectivity index is 0.000000134. The average molecular weight is 2000 g/mol. The molecule has 46 nitrogen and oxygen atoms in total. The molecule has 1 saturated heterocycles. The fraction of sp³-hybridized carbons (Fsp3) is 0.212. The van der Waals surface area contributed by atoms with Crippen LogP contribution in [0.25, 0.3) is 115 Å². The van der Waals surface area contributed by atoms with Gasteiger partial charge in [-0.15, -0.1) is 51.0 Å². The van der Waals surface area contributed by atoms with Crippen molar-refractivity contribution in [3.63, 3.8) is 0 Å². The second-order valence-electron chi connectivity index (χ2n) is 29.3. The van der Waals surface area contributed by atoms with Crippen molar-refractivity contribution >= 4 is 134 Å². The van der Waals surface area contributed by atoms with Crippen LogP contribution in [-0.2, 0) is 24.1 Å². The monoisotopic (exact) mass is 2000 g/mol. The van der Waals surface area contributed by atoms with Gasteiger partial charge in [-0.3, -0.25) is 0 Å². The average Bonchev–Trinajstić information content (AvgIpc) is 1.71. The predicted octanol–water partition coefficient (Wildman–Crippen LogP) is 9.37. The highest BCUT2D eigenvalue weighted by molar-refractivity contribution is 9.10. The van der Waals surface area contributed by atoms with Crippen LogP contribution in [0.2, 0.25) is 20.5 Å². The van der Waals surface area contributed by atoms with Crippen molar-refractivity contribution in [1.29, 1.82) is 0 Å². The lowest BCUT2D eigenvalue weighted by molar-refractivity contribution is -0.446. The van der Waals surface area contributed by atoms with Crippen LogP contribution in [0.3, 0.4) is 0 Å². The summed E-state index contributed by atoms with van der Waals surface area (Å²) in [5, 5.41) is 60.0. The van der Waals surface area contributed by atoms with Crippen molar-refractivity contribution in [2.75, 3.05) is 131 Å². The second kappa shape index (κ2) is 47.0. The molecule has 137 heavy (non-hydrogen) atoms. The summed E-state index contributed by atoms with van der Waals surface area (Å²) in [4.78, 5) is 65.8. The van der Waals surface area contributed by atoms with Gasteiger partial charge in [0.25, 0.3) is 40.8 Å². The molecule has 0 aliphatic carbocycles. The summed E-state index contributed by atoms with van der Waals surface area (Å²) in [6.07, 6.45) is 14.8. The first-order valence-electron chi connectivity index (χ1n) is 42.2. The van der Waals surface area contributed by atoms with Gasteiger partial charge in [0.15, 0.2) is 51.9 Å². The number of rotatable bonds is 23. The second-order valence-corrected chi connectivity index (χ2v) is 33.1. The molecule has 52 heteroatoms. The number of piperazine rings is 1. The van der Waals surface area contributed by atoms with E-state index in [0.717, 1.165) is 47.5 Å². The molecular weight excluding hydrogens is 1910 g/mol. The molecule has 12 N–H and O–H groups in total. The van der Waals surface area contributed by atoms with Gasteiger partial charge in [0.05, 0.1) is 50.4 Å². The minimum absolute atomic E-state index is 0.0509. The molecule has 14 heterocycles. The van der Waals surface area contributed by atoms with Gasteiger partial charge in [0, 0.05) is 100 Å². The van der Waals surface area contributed by atoms with Gasteiger partial charge in [-0.05, 0) is 130 Å². The zero-order chi connectivity index (χ0) is 96.3. The van der Waals surface area contributed by atoms with Gasteiger partial charge in [-0.2, -0.15) is 4.31 Å². The van der Waals surface area contributed by atoms with Crippen molar-refractivity contribution in [1.82, 2.24) is 125 Å². The van der Waals surface area contributed by atoms with Crippen LogP contribution < -0.4 is 43.6 Å². The Morgan fingerprint density at radius 2 is 0.832 bits per heavy atom. The first-order chi connectivity index (χ1) is 66.5. The number of aromatic nitrogens is 22. The molecule has 0 unspecified atom stereocenters. The number of esters is 1. The van der Waals surface area contributed by atoms with E-state index in [0.29, 0.717) is 142 Å². The maximum atomic E-state index is 12.0. The molecule has 16 aromatic rings. The number of hydrogen-bond donors (Lipinski definition) is 8. The number of nitrogens with two attached hydrogens (primary N) is 4. The fourth-order valence-corrected chi connectivity index (χ4v) is 14.5. The molecule has 698 valence electrons. The van der Waals surface area contributed by atoms with Crippen LogP contribution in [0.1, 0.15) is 17.4 Å². The van der Waals surface area contributed by atoms with Crippen molar-refractivity contribution in [3.8, 4) is 115 Å². The topological polar surface area (TPSA) is 604 Å². The number of carbonyl (C=O) groups is 1. The molecule has 3 aliphatic heterocycles. The number of nitrogen functional groups attached to an aromatic ring is 4. The third-order valence-corrected chi connectivity index (χ3v) is 22.8. The minimum Gasteiger partial charge on any atom is -0.464 e. The number of hydrogen-bond acceptors (Lipinski definition) is 43. The molecule has 19 rings (SSSR count). The van der Waals surface area contributed by atoms with Gasteiger partial charge in [-0.1, -0.05) is 91.0 Å². The Labute approximate surface area is 801 Å². The third kappa shape index (κ3) is 25.7. The summed E-state index contributed by atoms with van der Waals surface area (Å²) in [6.45, 7) is 13.5. The van der Waals surface area contributed by atoms with E-state index in [9.17, 15) is 18.2 Å². The van der Waals surface area contributed by atoms with Gasteiger partial charge in [0.2, 0.25) is 39.5 Å². The van der Waals surface area contributed by atoms with E-state index in [2.05, 4.69) is 158 Å². The number of anilines is 7. The smallest absolute Gasteiger partial charge is 0.410 e. The van der Waals surface area contributed by atoms with Crippen molar-refractivity contribution in [2.24, 2.45) is 0 Å². The summed E-state index contributed by atoms with van der Waals surface area (Å²) in [5.41, 5.74) is 29.2. The number of nitrogens with zero attached hydrogens (tertiary/aromatic N) is 27. The summed E-state index contributed by atoms with van der Waals surface area (Å²) < 4.78 is 74.3. The van der Waals surface area contributed by atoms with E-state index in [-0.39, 0.29) is 78.3 Å². The maximum Gasteiger partial charge on any atom is 0.410 e. The van der Waals surface area contributed by atoms with Crippen LogP contribution in [0, 0.1) is 0 Å². The molecule has 1 fully saturated rings. The number of sulfonamides is 1. The van der Waals surface area contributed by atoms with Crippen LogP contribution in [0.5, 0.6) is 0 Å². The molecule has 5 aromatic carbocycles. The molecule has 0 bridgehead atoms. The highest BCUT2D eigenvalue weighted by atomic mass is 79.9. The minimum atomic E-state index is -3.19. The Hall–Kier alpha value is -15.4. The predicted molar refractivity (Wildman–Crippen MR) is 518 cm³/mol. The van der Waals surface area contributed by atoms with E-state index in [1.807, 2.05) is 197 Å². The largest absolute Gasteiger partial charge is 0.464 e. The molecule has 0 amide bonds. The lowest BCUT2D eigenvalue weighted by Crippen LogP contribution is -2.49. The maximum absolute atomic E-state index is 12.0. The summed E-state index contributed by atoms with van der Waals surface area (Å²) in [5.74, 6) is 6.51. The lowest BCUT2D eigenvalue weighted by atomic mass is 9.84. The summed E-state index contributed by atoms with van der Waals surface area (Å²) in [6, 6.07) is 47.5. The zero-order valence-corrected chi connectivity index (χ0v) is 78.6. The Morgan fingerprint density at radius 3 is 1.24 bits per heavy atom. The molecule has 11 aromatic heterocycles. The molecule has 0 spiro atoms. The van der Waals surface area contributed by atoms with Crippen LogP contribution in [-0.4, -0.2) is 275 Å². The Morgan fingerprint density at radius 1 is 0.460 bits per heavy atom. The zero-order valence-electron chi connectivity index (χ0n) is 74.6. The van der Waals surface area contributed by atoms with Crippen molar-refractivity contribution < 1.29 is 63.5 Å². The first-order valence-corrected chi connectivity index (χ1v) is 45.4. The standard InChI is InChI=1S/C19H24B2N7O3.C18H21N7O3S.C16H16N7O.C14H13BBrN5O2.C12H8BrN5O.C6H7N3O2/c1-20(30-3)24-17-16(19-26-25-18(31-19)14-7-5-4-6-8-14)23-15(13-22-17)27-9-11-28(12-10-27)21(2)29;1-2-29(26,27)25-10-8-24(9-11-25)14-12-20-16(19)15(21-14)18-23-22-17(28-18)13-6-4-3-5-7-13;17-14-13(20-12(10-19-14)23-8-6-18-7-9-23)16-22-21-15(24-16)11-4-2-1-3-5-11;1-15(22-2)19-12-11(18-10(16)8-17-12)14-21-20-13(23-14)9-6-4-3-5-7-9;13-8-6-15-10(14)9(16-8)12-18-17-11(19-12)7-4-2-1-3-5-7;1-11-6(10)4-5(7)9-3-2-8-4/h4-9,13,29H,10-12H2,1-3H3,(H,22,24);3-7,12H,2,8-11H2,1H3,(H2,19,20);1-5,8,10,18H,6-7,9H2,(H2,17,19);3-8H,1-2H3,(H,17,19);1-6H,(H2,14,15);2-3H,1H3,(H2,7,9)/q+1;;+1;;;. The number of nitrogens with one attached hydrogen (secondary N) is 3. The summed E-state index contributed by atoms with van der Waals surface area (Å²) >= 11 is 6.53. The summed E-state index contributed by atoms with van der Waals surface area (Å²) in [7, 11) is 0.272. The van der Waals surface area contributed by atoms with E-state index in [1.54, 1.807) is 52.8 Å². The molecular formula is C85H89B3Br2N34O12S+2.